The van der Waals surface area contributed by atoms with Gasteiger partial charge in [0.2, 0.25) is 0 Å². The van der Waals surface area contributed by atoms with Crippen LogP contribution >= 0.6 is 0 Å². The minimum absolute atomic E-state index is 0.315. The summed E-state index contributed by atoms with van der Waals surface area (Å²) >= 11 is 0. The lowest BCUT2D eigenvalue weighted by molar-refractivity contribution is -0.0447. The second-order valence-corrected chi connectivity index (χ2v) is 11.5. The quantitative estimate of drug-likeness (QED) is 0.769. The van der Waals surface area contributed by atoms with Crippen LogP contribution in [0.2, 0.25) is 19.6 Å². The van der Waals surface area contributed by atoms with Crippen LogP contribution in [0.25, 0.3) is 0 Å². The van der Waals surface area contributed by atoms with E-state index in [1.807, 2.05) is 0 Å². The van der Waals surface area contributed by atoms with Crippen LogP contribution in [-0.4, -0.2) is 27.4 Å². The van der Waals surface area contributed by atoms with E-state index in [1.165, 1.54) is 23.6 Å². The van der Waals surface area contributed by atoms with Crippen LogP contribution in [0.5, 0.6) is 0 Å². The summed E-state index contributed by atoms with van der Waals surface area (Å²) in [7, 11) is -1.18. The Balaban J connectivity index is 1.76. The molecule has 0 amide bonds. The fourth-order valence-electron chi connectivity index (χ4n) is 2.35. The van der Waals surface area contributed by atoms with Crippen LogP contribution in [0, 0.1) is 0 Å². The Labute approximate surface area is 118 Å². The van der Waals surface area contributed by atoms with Crippen LogP contribution in [0.15, 0.2) is 24.3 Å². The zero-order valence-electron chi connectivity index (χ0n) is 12.4. The third-order valence-corrected chi connectivity index (χ3v) is 5.73. The maximum absolute atomic E-state index is 5.77. The summed E-state index contributed by atoms with van der Waals surface area (Å²) in [6, 6.07) is 8.94. The van der Waals surface area contributed by atoms with Crippen molar-refractivity contribution in [2.45, 2.75) is 51.6 Å². The lowest BCUT2D eigenvalue weighted by atomic mass is 10.1. The first-order valence-corrected chi connectivity index (χ1v) is 10.8. The molecule has 0 saturated carbocycles. The Morgan fingerprint density at radius 1 is 1.16 bits per heavy atom. The number of rotatable bonds is 5. The lowest BCUT2D eigenvalue weighted by Gasteiger charge is -2.22. The Kier molecular flexibility index (Phi) is 5.19. The molecule has 106 valence electrons. The van der Waals surface area contributed by atoms with Crippen LogP contribution < -0.4 is 5.19 Å². The van der Waals surface area contributed by atoms with E-state index in [0.29, 0.717) is 12.7 Å². The predicted octanol–water partition coefficient (Wildman–Crippen LogP) is 3.32. The van der Waals surface area contributed by atoms with Gasteiger partial charge in [0.15, 0.2) is 0 Å². The normalized spacial score (nSPS) is 20.5. The summed E-state index contributed by atoms with van der Waals surface area (Å²) in [4.78, 5) is 0. The van der Waals surface area contributed by atoms with Gasteiger partial charge in [-0.15, -0.1) is 0 Å². The van der Waals surface area contributed by atoms with E-state index < -0.39 is 8.07 Å². The molecule has 1 aliphatic heterocycles. The number of hydrogen-bond donors (Lipinski definition) is 0. The van der Waals surface area contributed by atoms with Crippen molar-refractivity contribution in [3.63, 3.8) is 0 Å². The van der Waals surface area contributed by atoms with Gasteiger partial charge in [0, 0.05) is 6.61 Å². The third-order valence-electron chi connectivity index (χ3n) is 3.67. The molecule has 1 aromatic carbocycles. The number of benzene rings is 1. The summed E-state index contributed by atoms with van der Waals surface area (Å²) in [5.74, 6) is 0. The first-order chi connectivity index (χ1) is 9.05. The fraction of sp³-hybridized carbons (Fsp3) is 0.625. The molecule has 3 heteroatoms. The topological polar surface area (TPSA) is 18.5 Å². The maximum atomic E-state index is 5.77. The maximum Gasteiger partial charge on any atom is 0.0808 e. The van der Waals surface area contributed by atoms with Gasteiger partial charge in [0.1, 0.15) is 0 Å². The van der Waals surface area contributed by atoms with Crippen LogP contribution in [0.3, 0.4) is 0 Å². The Morgan fingerprint density at radius 2 is 1.89 bits per heavy atom. The highest BCUT2D eigenvalue weighted by Crippen LogP contribution is 2.13. The average molecular weight is 278 g/mol. The standard InChI is InChI=1S/C16H26O2Si/c1-19(2,3)16-9-7-14(8-10-16)12-17-13-15-6-4-5-11-18-15/h7-10,15H,4-6,11-13H2,1-3H3. The first-order valence-electron chi connectivity index (χ1n) is 7.34. The van der Waals surface area contributed by atoms with Crippen molar-refractivity contribution in [2.24, 2.45) is 0 Å². The number of hydrogen-bond acceptors (Lipinski definition) is 2. The largest absolute Gasteiger partial charge is 0.376 e. The molecule has 0 aromatic heterocycles. The lowest BCUT2D eigenvalue weighted by Crippen LogP contribution is -2.37. The van der Waals surface area contributed by atoms with Crippen molar-refractivity contribution in [2.75, 3.05) is 13.2 Å². The van der Waals surface area contributed by atoms with Crippen LogP contribution in [-0.2, 0) is 16.1 Å². The van der Waals surface area contributed by atoms with Gasteiger partial charge in [-0.25, -0.2) is 0 Å². The van der Waals surface area contributed by atoms with Gasteiger partial charge in [-0.05, 0) is 24.8 Å². The van der Waals surface area contributed by atoms with Gasteiger partial charge >= 0.3 is 0 Å². The second-order valence-electron chi connectivity index (χ2n) is 6.45. The predicted molar refractivity (Wildman–Crippen MR) is 82.7 cm³/mol. The average Bonchev–Trinajstić information content (AvgIpc) is 2.39. The minimum Gasteiger partial charge on any atom is -0.376 e. The zero-order valence-corrected chi connectivity index (χ0v) is 13.4. The van der Waals surface area contributed by atoms with Gasteiger partial charge in [0.25, 0.3) is 0 Å². The monoisotopic (exact) mass is 278 g/mol. The fourth-order valence-corrected chi connectivity index (χ4v) is 3.51. The van der Waals surface area contributed by atoms with E-state index >= 15 is 0 Å². The molecule has 0 radical (unpaired) electrons. The van der Waals surface area contributed by atoms with Crippen molar-refractivity contribution < 1.29 is 9.47 Å². The minimum atomic E-state index is -1.18. The van der Waals surface area contributed by atoms with E-state index in [1.54, 1.807) is 0 Å². The molecule has 1 unspecified atom stereocenters. The smallest absolute Gasteiger partial charge is 0.0808 e. The summed E-state index contributed by atoms with van der Waals surface area (Å²) < 4.78 is 11.4. The second kappa shape index (κ2) is 6.68. The van der Waals surface area contributed by atoms with Gasteiger partial charge in [-0.2, -0.15) is 0 Å². The molecule has 0 bridgehead atoms. The summed E-state index contributed by atoms with van der Waals surface area (Å²) in [5.41, 5.74) is 1.26. The van der Waals surface area contributed by atoms with Gasteiger partial charge in [-0.1, -0.05) is 49.1 Å². The molecule has 2 rings (SSSR count). The molecule has 0 spiro atoms. The zero-order chi connectivity index (χ0) is 13.7. The summed E-state index contributed by atoms with van der Waals surface area (Å²) in [6.07, 6.45) is 3.94. The molecule has 1 aliphatic rings. The molecule has 1 saturated heterocycles. The van der Waals surface area contributed by atoms with E-state index in [-0.39, 0.29) is 0 Å². The van der Waals surface area contributed by atoms with Crippen molar-refractivity contribution >= 4 is 13.3 Å². The molecule has 1 aromatic rings. The van der Waals surface area contributed by atoms with Crippen molar-refractivity contribution in [1.82, 2.24) is 0 Å². The molecular weight excluding hydrogens is 252 g/mol. The molecule has 1 heterocycles. The first kappa shape index (κ1) is 14.8. The molecule has 1 atom stereocenters. The Bertz CT molecular complexity index is 375. The Hall–Kier alpha value is -0.643. The molecule has 0 aliphatic carbocycles. The van der Waals surface area contributed by atoms with Crippen molar-refractivity contribution in [3.8, 4) is 0 Å². The van der Waals surface area contributed by atoms with Crippen LogP contribution in [0.4, 0.5) is 0 Å². The SMILES string of the molecule is C[Si](C)(C)c1ccc(COCC2CCCCO2)cc1. The molecular formula is C16H26O2Si. The summed E-state index contributed by atoms with van der Waals surface area (Å²) in [5, 5.41) is 1.51. The highest BCUT2D eigenvalue weighted by Gasteiger charge is 2.16. The molecule has 0 N–H and O–H groups in total. The van der Waals surface area contributed by atoms with Crippen molar-refractivity contribution in [3.05, 3.63) is 29.8 Å². The molecule has 19 heavy (non-hydrogen) atoms. The Morgan fingerprint density at radius 3 is 2.47 bits per heavy atom. The van der Waals surface area contributed by atoms with E-state index in [0.717, 1.165) is 19.6 Å². The van der Waals surface area contributed by atoms with Crippen LogP contribution in [0.1, 0.15) is 24.8 Å². The van der Waals surface area contributed by atoms with E-state index in [2.05, 4.69) is 43.9 Å². The molecule has 2 nitrogen and oxygen atoms in total. The van der Waals surface area contributed by atoms with E-state index in [9.17, 15) is 0 Å². The summed E-state index contributed by atoms with van der Waals surface area (Å²) in [6.45, 7) is 9.46. The van der Waals surface area contributed by atoms with Gasteiger partial charge in [-0.3, -0.25) is 0 Å². The third kappa shape index (κ3) is 4.75. The molecule has 1 fully saturated rings. The number of ether oxygens (including phenoxy) is 2. The highest BCUT2D eigenvalue weighted by atomic mass is 28.3. The van der Waals surface area contributed by atoms with Gasteiger partial charge < -0.3 is 9.47 Å². The highest BCUT2D eigenvalue weighted by molar-refractivity contribution is 6.88. The van der Waals surface area contributed by atoms with Gasteiger partial charge in [0.05, 0.1) is 27.4 Å². The van der Waals surface area contributed by atoms with E-state index in [4.69, 9.17) is 9.47 Å². The van der Waals surface area contributed by atoms with Crippen molar-refractivity contribution in [1.29, 1.82) is 0 Å².